The first-order chi connectivity index (χ1) is 14.8. The van der Waals surface area contributed by atoms with E-state index < -0.39 is 23.8 Å². The Morgan fingerprint density at radius 2 is 1.88 bits per heavy atom. The lowest BCUT2D eigenvalue weighted by atomic mass is 9.92. The van der Waals surface area contributed by atoms with Gasteiger partial charge in [-0.1, -0.05) is 34.1 Å². The summed E-state index contributed by atoms with van der Waals surface area (Å²) < 4.78 is 43.7. The number of benzene rings is 1. The Labute approximate surface area is 191 Å². The van der Waals surface area contributed by atoms with Crippen molar-refractivity contribution in [2.75, 3.05) is 5.75 Å². The minimum atomic E-state index is -4.57. The largest absolute Gasteiger partial charge is 0.416 e. The van der Waals surface area contributed by atoms with E-state index in [4.69, 9.17) is 0 Å². The Balaban J connectivity index is 2.63. The second-order valence-corrected chi connectivity index (χ2v) is 9.99. The van der Waals surface area contributed by atoms with Gasteiger partial charge in [0, 0.05) is 41.4 Å². The van der Waals surface area contributed by atoms with Crippen molar-refractivity contribution >= 4 is 17.7 Å². The fourth-order valence-corrected chi connectivity index (χ4v) is 4.20. The highest BCUT2D eigenvalue weighted by molar-refractivity contribution is 7.99. The Bertz CT molecular complexity index is 1010. The van der Waals surface area contributed by atoms with Crippen LogP contribution in [0.1, 0.15) is 69.1 Å². The molecule has 1 heterocycles. The number of aliphatic hydroxyl groups excluding tert-OH is 1. The Morgan fingerprint density at radius 1 is 1.22 bits per heavy atom. The van der Waals surface area contributed by atoms with Gasteiger partial charge in [-0.25, -0.2) is 0 Å². The van der Waals surface area contributed by atoms with Crippen LogP contribution >= 0.6 is 11.8 Å². The van der Waals surface area contributed by atoms with Gasteiger partial charge in [0.1, 0.15) is 0 Å². The maximum Gasteiger partial charge on any atom is 0.416 e. The second kappa shape index (κ2) is 10.3. The number of aliphatic hydroxyl groups is 1. The molecule has 32 heavy (non-hydrogen) atoms. The van der Waals surface area contributed by atoms with Gasteiger partial charge in [-0.05, 0) is 31.5 Å². The highest BCUT2D eigenvalue weighted by atomic mass is 32.2. The van der Waals surface area contributed by atoms with E-state index in [0.29, 0.717) is 16.9 Å². The van der Waals surface area contributed by atoms with Gasteiger partial charge in [0.2, 0.25) is 0 Å². The van der Waals surface area contributed by atoms with E-state index in [2.05, 4.69) is 32.7 Å². The third-order valence-corrected chi connectivity index (χ3v) is 6.28. The summed E-state index contributed by atoms with van der Waals surface area (Å²) in [6.07, 6.45) is -3.41. The fourth-order valence-electron chi connectivity index (χ4n) is 3.31. The highest BCUT2D eigenvalue weighted by Gasteiger charge is 2.32. The molecule has 5 nitrogen and oxygen atoms in total. The second-order valence-electron chi connectivity index (χ2n) is 8.92. The maximum atomic E-state index is 13.3. The van der Waals surface area contributed by atoms with Crippen molar-refractivity contribution in [2.24, 2.45) is 12.0 Å². The summed E-state index contributed by atoms with van der Waals surface area (Å²) in [5.74, 6) is -0.484. The quantitative estimate of drug-likeness (QED) is 0.568. The zero-order valence-electron chi connectivity index (χ0n) is 19.5. The van der Waals surface area contributed by atoms with E-state index in [1.54, 1.807) is 6.92 Å². The number of carbonyl (C=O) groups is 1. The summed E-state index contributed by atoms with van der Waals surface area (Å²) >= 11 is 1.13. The number of thioether (sulfide) groups is 1. The van der Waals surface area contributed by atoms with Crippen molar-refractivity contribution in [1.29, 1.82) is 0 Å². The van der Waals surface area contributed by atoms with Crippen molar-refractivity contribution in [1.82, 2.24) is 9.36 Å². The monoisotopic (exact) mass is 471 g/mol. The molecular weight excluding hydrogens is 439 g/mol. The van der Waals surface area contributed by atoms with Crippen molar-refractivity contribution < 1.29 is 23.1 Å². The normalized spacial score (nSPS) is 14.1. The van der Waals surface area contributed by atoms with Gasteiger partial charge >= 0.3 is 6.18 Å². The zero-order valence-corrected chi connectivity index (χ0v) is 20.3. The van der Waals surface area contributed by atoms with Gasteiger partial charge in [0.25, 0.3) is 5.91 Å². The molecule has 1 atom stereocenters. The number of aromatic nitrogens is 2. The van der Waals surface area contributed by atoms with Crippen LogP contribution in [0, 0.1) is 0 Å². The molecule has 0 spiro atoms. The van der Waals surface area contributed by atoms with E-state index in [9.17, 15) is 23.1 Å². The number of hydrogen-bond acceptors (Lipinski definition) is 3. The molecule has 1 N–H and O–H groups in total. The first kappa shape index (κ1) is 26.3. The summed E-state index contributed by atoms with van der Waals surface area (Å²) in [6, 6.07) is 4.89. The minimum Gasteiger partial charge on any atom is -0.393 e. The van der Waals surface area contributed by atoms with E-state index in [1.807, 2.05) is 22.5 Å². The number of alkyl halides is 3. The molecule has 1 unspecified atom stereocenters. The van der Waals surface area contributed by atoms with Gasteiger partial charge in [-0.2, -0.15) is 18.2 Å². The van der Waals surface area contributed by atoms with Crippen LogP contribution in [0.5, 0.6) is 0 Å². The third kappa shape index (κ3) is 6.51. The van der Waals surface area contributed by atoms with Gasteiger partial charge in [-0.15, -0.1) is 11.8 Å². The minimum absolute atomic E-state index is 0.117. The highest BCUT2D eigenvalue weighted by Crippen LogP contribution is 2.33. The molecule has 1 amide bonds. The molecule has 178 valence electrons. The standard InChI is InChI=1S/C23H32F3N3O2S/c1-7-8-11-29-20(13-19(28(29)6)22(3,4)5)27-21(31)17-12-16(23(24,25)26)9-10-18(17)32-14-15(2)30/h9-10,12-13,15,30H,7-8,11,14H2,1-6H3. The summed E-state index contributed by atoms with van der Waals surface area (Å²) in [5, 5.41) is 9.58. The number of hydrogen-bond donors (Lipinski definition) is 1. The average molecular weight is 472 g/mol. The van der Waals surface area contributed by atoms with Crippen LogP contribution < -0.4 is 5.49 Å². The first-order valence-corrected chi connectivity index (χ1v) is 11.6. The topological polar surface area (TPSA) is 59.5 Å². The number of rotatable bonds is 7. The van der Waals surface area contributed by atoms with Gasteiger partial charge in [-0.3, -0.25) is 14.2 Å². The fraction of sp³-hybridized carbons (Fsp3) is 0.565. The van der Waals surface area contributed by atoms with Crippen LogP contribution in [-0.4, -0.2) is 32.2 Å². The van der Waals surface area contributed by atoms with Crippen molar-refractivity contribution in [3.8, 4) is 0 Å². The van der Waals surface area contributed by atoms with E-state index >= 15 is 0 Å². The lowest BCUT2D eigenvalue weighted by Crippen LogP contribution is -2.25. The molecule has 0 aliphatic rings. The lowest BCUT2D eigenvalue weighted by Gasteiger charge is -2.20. The van der Waals surface area contributed by atoms with Gasteiger partial charge in [0.15, 0.2) is 5.49 Å². The number of amides is 1. The average Bonchev–Trinajstić information content (AvgIpc) is 2.99. The molecule has 0 radical (unpaired) electrons. The van der Waals surface area contributed by atoms with Gasteiger partial charge in [0.05, 0.1) is 17.2 Å². The summed E-state index contributed by atoms with van der Waals surface area (Å²) in [7, 11) is 1.90. The van der Waals surface area contributed by atoms with Crippen LogP contribution in [0.3, 0.4) is 0 Å². The number of carbonyl (C=O) groups excluding carboxylic acids is 1. The van der Waals surface area contributed by atoms with Crippen LogP contribution in [0.25, 0.3) is 0 Å². The SMILES string of the molecule is CCCCn1c(=NC(=O)c2cc(C(F)(F)F)ccc2SCC(C)O)cc(C(C)(C)C)n1C. The summed E-state index contributed by atoms with van der Waals surface area (Å²) in [6.45, 7) is 10.4. The smallest absolute Gasteiger partial charge is 0.393 e. The van der Waals surface area contributed by atoms with Crippen molar-refractivity contribution in [3.05, 3.63) is 46.6 Å². The molecule has 0 aliphatic heterocycles. The number of unbranched alkanes of at least 4 members (excludes halogenated alkanes) is 1. The number of nitrogens with zero attached hydrogens (tertiary/aromatic N) is 3. The molecule has 9 heteroatoms. The number of halogens is 3. The Kier molecular flexibility index (Phi) is 8.44. The molecular formula is C23H32F3N3O2S. The van der Waals surface area contributed by atoms with Crippen LogP contribution in [0.4, 0.5) is 13.2 Å². The first-order valence-electron chi connectivity index (χ1n) is 10.6. The summed E-state index contributed by atoms with van der Waals surface area (Å²) in [5.41, 5.74) is 0.162. The zero-order chi connectivity index (χ0) is 24.3. The Morgan fingerprint density at radius 3 is 2.41 bits per heavy atom. The van der Waals surface area contributed by atoms with Gasteiger partial charge < -0.3 is 5.11 Å². The summed E-state index contributed by atoms with van der Waals surface area (Å²) in [4.78, 5) is 17.7. The Hall–Kier alpha value is -2.00. The van der Waals surface area contributed by atoms with Crippen molar-refractivity contribution in [3.63, 3.8) is 0 Å². The molecule has 2 rings (SSSR count). The third-order valence-electron chi connectivity index (χ3n) is 4.97. The predicted molar refractivity (Wildman–Crippen MR) is 121 cm³/mol. The molecule has 0 saturated heterocycles. The van der Waals surface area contributed by atoms with E-state index in [0.717, 1.165) is 42.4 Å². The molecule has 1 aromatic carbocycles. The van der Waals surface area contributed by atoms with Crippen LogP contribution in [0.2, 0.25) is 0 Å². The maximum absolute atomic E-state index is 13.3. The molecule has 0 bridgehead atoms. The molecule has 0 saturated carbocycles. The molecule has 0 fully saturated rings. The molecule has 2 aromatic rings. The predicted octanol–water partition coefficient (Wildman–Crippen LogP) is 5.16. The van der Waals surface area contributed by atoms with E-state index in [1.165, 1.54) is 6.07 Å². The van der Waals surface area contributed by atoms with Crippen LogP contribution in [0.15, 0.2) is 34.2 Å². The van der Waals surface area contributed by atoms with E-state index in [-0.39, 0.29) is 16.7 Å². The van der Waals surface area contributed by atoms with Crippen LogP contribution in [-0.2, 0) is 25.2 Å². The van der Waals surface area contributed by atoms with Crippen molar-refractivity contribution in [2.45, 2.75) is 76.6 Å². The molecule has 0 aliphatic carbocycles. The molecule has 1 aromatic heterocycles. The lowest BCUT2D eigenvalue weighted by molar-refractivity contribution is -0.137.